The molecule has 0 unspecified atom stereocenters. The van der Waals surface area contributed by atoms with Crippen LogP contribution in [-0.2, 0) is 9.53 Å². The minimum absolute atomic E-state index is 0.164. The molecule has 2 rings (SSSR count). The summed E-state index contributed by atoms with van der Waals surface area (Å²) in [7, 11) is 0. The van der Waals surface area contributed by atoms with E-state index in [2.05, 4.69) is 5.32 Å². The van der Waals surface area contributed by atoms with Crippen molar-refractivity contribution in [3.05, 3.63) is 27.5 Å². The molecule has 1 aromatic rings. The summed E-state index contributed by atoms with van der Waals surface area (Å²) < 4.78 is 5.29. The summed E-state index contributed by atoms with van der Waals surface area (Å²) in [5.74, 6) is -0.294. The quantitative estimate of drug-likeness (QED) is 0.594. The molecule has 1 saturated heterocycles. The highest BCUT2D eigenvalue weighted by atomic mass is 32.1. The number of amides is 1. The fourth-order valence-electron chi connectivity index (χ4n) is 2.17. The molecule has 1 aromatic heterocycles. The first-order valence-electron chi connectivity index (χ1n) is 7.06. The normalized spacial score (nSPS) is 16.5. The molecule has 0 radical (unpaired) electrons. The lowest BCUT2D eigenvalue weighted by Crippen LogP contribution is -3.14. The first-order valence-corrected chi connectivity index (χ1v) is 7.94. The molecular formula is C15H20N3O2S+. The Morgan fingerprint density at radius 3 is 2.95 bits per heavy atom. The van der Waals surface area contributed by atoms with Gasteiger partial charge in [0.05, 0.1) is 26.3 Å². The molecule has 112 valence electrons. The van der Waals surface area contributed by atoms with Gasteiger partial charge in [0.25, 0.3) is 5.91 Å². The van der Waals surface area contributed by atoms with Crippen molar-refractivity contribution >= 4 is 23.3 Å². The predicted molar refractivity (Wildman–Crippen MR) is 82.0 cm³/mol. The zero-order valence-corrected chi connectivity index (χ0v) is 13.0. The smallest absolute Gasteiger partial charge is 0.262 e. The highest BCUT2D eigenvalue weighted by Gasteiger charge is 2.15. The van der Waals surface area contributed by atoms with E-state index in [0.29, 0.717) is 6.54 Å². The largest absolute Gasteiger partial charge is 0.370 e. The van der Waals surface area contributed by atoms with E-state index in [-0.39, 0.29) is 11.5 Å². The summed E-state index contributed by atoms with van der Waals surface area (Å²) in [6, 6.07) is 3.96. The molecule has 6 heteroatoms. The van der Waals surface area contributed by atoms with E-state index in [0.717, 1.165) is 43.3 Å². The van der Waals surface area contributed by atoms with Gasteiger partial charge in [-0.15, -0.1) is 11.3 Å². The second-order valence-electron chi connectivity index (χ2n) is 5.01. The molecule has 0 saturated carbocycles. The van der Waals surface area contributed by atoms with Crippen LogP contribution in [0, 0.1) is 18.3 Å². The Balaban J connectivity index is 1.84. The summed E-state index contributed by atoms with van der Waals surface area (Å²) in [5, 5.41) is 13.9. The average Bonchev–Trinajstić information content (AvgIpc) is 2.91. The number of hydrogen-bond acceptors (Lipinski definition) is 4. The number of thiophene rings is 1. The maximum Gasteiger partial charge on any atom is 0.262 e. The Hall–Kier alpha value is -1.68. The zero-order valence-electron chi connectivity index (χ0n) is 12.1. The van der Waals surface area contributed by atoms with Crippen molar-refractivity contribution in [1.82, 2.24) is 5.32 Å². The molecule has 2 N–H and O–H groups in total. The van der Waals surface area contributed by atoms with Crippen molar-refractivity contribution in [1.29, 1.82) is 5.26 Å². The molecule has 1 amide bonds. The molecule has 21 heavy (non-hydrogen) atoms. The maximum absolute atomic E-state index is 12.0. The Labute approximate surface area is 128 Å². The Morgan fingerprint density at radius 1 is 1.57 bits per heavy atom. The number of carbonyl (C=O) groups is 1. The van der Waals surface area contributed by atoms with Crippen LogP contribution in [0.5, 0.6) is 0 Å². The third kappa shape index (κ3) is 4.67. The fraction of sp³-hybridized carbons (Fsp3) is 0.467. The van der Waals surface area contributed by atoms with E-state index in [1.54, 1.807) is 6.08 Å². The second-order valence-corrected chi connectivity index (χ2v) is 5.95. The van der Waals surface area contributed by atoms with Crippen molar-refractivity contribution in [2.75, 3.05) is 39.4 Å². The lowest BCUT2D eigenvalue weighted by molar-refractivity contribution is -0.906. The molecule has 5 nitrogen and oxygen atoms in total. The number of hydrogen-bond donors (Lipinski definition) is 2. The summed E-state index contributed by atoms with van der Waals surface area (Å²) in [6.45, 7) is 6.93. The first-order chi connectivity index (χ1) is 10.2. The Kier molecular flexibility index (Phi) is 5.93. The number of morpholine rings is 1. The molecule has 1 fully saturated rings. The van der Waals surface area contributed by atoms with Gasteiger partial charge in [0.2, 0.25) is 0 Å². The van der Waals surface area contributed by atoms with E-state index in [4.69, 9.17) is 10.00 Å². The maximum atomic E-state index is 12.0. The molecule has 0 spiro atoms. The summed E-state index contributed by atoms with van der Waals surface area (Å²) in [6.07, 6.45) is 1.66. The molecule has 0 bridgehead atoms. The number of quaternary nitrogens is 1. The highest BCUT2D eigenvalue weighted by Crippen LogP contribution is 2.18. The van der Waals surface area contributed by atoms with Gasteiger partial charge in [-0.25, -0.2) is 0 Å². The van der Waals surface area contributed by atoms with Gasteiger partial charge in [-0.05, 0) is 30.0 Å². The summed E-state index contributed by atoms with van der Waals surface area (Å²) in [5.41, 5.74) is 1.25. The van der Waals surface area contributed by atoms with Crippen LogP contribution in [0.3, 0.4) is 0 Å². The van der Waals surface area contributed by atoms with Crippen molar-refractivity contribution in [2.24, 2.45) is 0 Å². The number of nitrogens with one attached hydrogen (secondary N) is 2. The molecule has 0 atom stereocenters. The van der Waals surface area contributed by atoms with E-state index >= 15 is 0 Å². The van der Waals surface area contributed by atoms with Crippen LogP contribution in [0.25, 0.3) is 6.08 Å². The summed E-state index contributed by atoms with van der Waals surface area (Å²) in [4.78, 5) is 14.4. The van der Waals surface area contributed by atoms with Gasteiger partial charge in [-0.3, -0.25) is 4.79 Å². The number of nitrogens with zero attached hydrogens (tertiary/aromatic N) is 1. The lowest BCUT2D eigenvalue weighted by Gasteiger charge is -2.23. The number of ether oxygens (including phenoxy) is 1. The molecule has 1 aliphatic rings. The SMILES string of the molecule is Cc1ccsc1/C=C(\C#N)C(=O)NCC[NH+]1CCOCC1. The van der Waals surface area contributed by atoms with Crippen molar-refractivity contribution < 1.29 is 14.4 Å². The second kappa shape index (κ2) is 7.93. The number of carbonyl (C=O) groups excluding carboxylic acids is 1. The number of nitriles is 1. The Bertz CT molecular complexity index is 554. The van der Waals surface area contributed by atoms with E-state index in [1.807, 2.05) is 24.4 Å². The van der Waals surface area contributed by atoms with E-state index in [1.165, 1.54) is 16.2 Å². The third-order valence-corrected chi connectivity index (χ3v) is 4.47. The van der Waals surface area contributed by atoms with Crippen LogP contribution in [0.1, 0.15) is 10.4 Å². The van der Waals surface area contributed by atoms with Crippen LogP contribution in [0.15, 0.2) is 17.0 Å². The van der Waals surface area contributed by atoms with Crippen molar-refractivity contribution in [2.45, 2.75) is 6.92 Å². The lowest BCUT2D eigenvalue weighted by atomic mass is 10.2. The predicted octanol–water partition coefficient (Wildman–Crippen LogP) is -0.00520. The van der Waals surface area contributed by atoms with Crippen molar-refractivity contribution in [3.63, 3.8) is 0 Å². The summed E-state index contributed by atoms with van der Waals surface area (Å²) >= 11 is 1.53. The molecule has 0 aromatic carbocycles. The molecule has 0 aliphatic carbocycles. The van der Waals surface area contributed by atoms with Gasteiger partial charge in [0.15, 0.2) is 0 Å². The minimum atomic E-state index is -0.294. The van der Waals surface area contributed by atoms with E-state index < -0.39 is 0 Å². The minimum Gasteiger partial charge on any atom is -0.370 e. The van der Waals surface area contributed by atoms with Crippen LogP contribution in [0.4, 0.5) is 0 Å². The monoisotopic (exact) mass is 306 g/mol. The van der Waals surface area contributed by atoms with E-state index in [9.17, 15) is 4.79 Å². The van der Waals surface area contributed by atoms with Gasteiger partial charge in [-0.1, -0.05) is 0 Å². The number of rotatable bonds is 5. The van der Waals surface area contributed by atoms with Crippen LogP contribution in [-0.4, -0.2) is 45.3 Å². The van der Waals surface area contributed by atoms with Gasteiger partial charge in [0.1, 0.15) is 24.7 Å². The fourth-order valence-corrected chi connectivity index (χ4v) is 3.03. The topological polar surface area (TPSA) is 66.6 Å². The van der Waals surface area contributed by atoms with Crippen LogP contribution < -0.4 is 10.2 Å². The Morgan fingerprint density at radius 2 is 2.33 bits per heavy atom. The van der Waals surface area contributed by atoms with Gasteiger partial charge >= 0.3 is 0 Å². The molecule has 1 aliphatic heterocycles. The highest BCUT2D eigenvalue weighted by molar-refractivity contribution is 7.11. The van der Waals surface area contributed by atoms with Crippen LogP contribution in [0.2, 0.25) is 0 Å². The van der Waals surface area contributed by atoms with Gasteiger partial charge < -0.3 is 15.0 Å². The first kappa shape index (κ1) is 15.7. The molecular weight excluding hydrogens is 286 g/mol. The molecule has 2 heterocycles. The van der Waals surface area contributed by atoms with Gasteiger partial charge in [0, 0.05) is 4.88 Å². The third-order valence-electron chi connectivity index (χ3n) is 3.51. The zero-order chi connectivity index (χ0) is 15.1. The van der Waals surface area contributed by atoms with Crippen molar-refractivity contribution in [3.8, 4) is 6.07 Å². The van der Waals surface area contributed by atoms with Gasteiger partial charge in [-0.2, -0.15) is 5.26 Å². The average molecular weight is 306 g/mol. The number of aryl methyl sites for hydroxylation is 1. The van der Waals surface area contributed by atoms with Crippen LogP contribution >= 0.6 is 11.3 Å². The standard InChI is InChI=1S/C15H19N3O2S/c1-12-2-9-21-14(12)10-13(11-16)15(19)17-3-4-18-5-7-20-8-6-18/h2,9-10H,3-8H2,1H3,(H,17,19)/p+1/b13-10+.